The maximum absolute atomic E-state index is 4.75. The van der Waals surface area contributed by atoms with Crippen LogP contribution in [0.4, 0.5) is 0 Å². The van der Waals surface area contributed by atoms with Gasteiger partial charge in [-0.05, 0) is 37.6 Å². The lowest BCUT2D eigenvalue weighted by Gasteiger charge is -2.32. The molecule has 0 saturated carbocycles. The Bertz CT molecular complexity index is 765. The van der Waals surface area contributed by atoms with Gasteiger partial charge in [0.2, 0.25) is 0 Å². The van der Waals surface area contributed by atoms with E-state index in [4.69, 9.17) is 4.99 Å². The number of nitrogens with one attached hydrogen (secondary N) is 2. The van der Waals surface area contributed by atoms with Gasteiger partial charge in [-0.15, -0.1) is 24.0 Å². The number of guanidine groups is 1. The Morgan fingerprint density at radius 2 is 1.47 bits per heavy atom. The van der Waals surface area contributed by atoms with Crippen molar-refractivity contribution < 1.29 is 0 Å². The van der Waals surface area contributed by atoms with Crippen LogP contribution in [0.15, 0.2) is 53.5 Å². The van der Waals surface area contributed by atoms with Crippen molar-refractivity contribution in [2.75, 3.05) is 39.8 Å². The zero-order chi connectivity index (χ0) is 20.5. The molecule has 2 aromatic rings. The van der Waals surface area contributed by atoms with Crippen LogP contribution in [0.25, 0.3) is 0 Å². The summed E-state index contributed by atoms with van der Waals surface area (Å²) in [6.07, 6.45) is 0. The molecule has 0 unspecified atom stereocenters. The first-order chi connectivity index (χ1) is 14.1. The highest BCUT2D eigenvalue weighted by atomic mass is 127. The summed E-state index contributed by atoms with van der Waals surface area (Å²) in [6.45, 7) is 12.2. The molecule has 5 nitrogen and oxygen atoms in total. The molecule has 30 heavy (non-hydrogen) atoms. The maximum Gasteiger partial charge on any atom is 0.191 e. The number of piperazine rings is 1. The third-order valence-electron chi connectivity index (χ3n) is 5.37. The van der Waals surface area contributed by atoms with Gasteiger partial charge in [-0.25, -0.2) is 4.99 Å². The van der Waals surface area contributed by atoms with E-state index in [0.717, 1.165) is 51.8 Å². The van der Waals surface area contributed by atoms with E-state index >= 15 is 0 Å². The predicted molar refractivity (Wildman–Crippen MR) is 137 cm³/mol. The van der Waals surface area contributed by atoms with Crippen molar-refractivity contribution in [2.45, 2.75) is 33.5 Å². The van der Waals surface area contributed by atoms with Crippen molar-refractivity contribution in [1.82, 2.24) is 20.4 Å². The second kappa shape index (κ2) is 12.9. The minimum absolute atomic E-state index is 0. The fraction of sp³-hybridized carbons (Fsp3) is 0.458. The Kier molecular flexibility index (Phi) is 10.6. The van der Waals surface area contributed by atoms with Gasteiger partial charge >= 0.3 is 0 Å². The molecule has 2 aromatic carbocycles. The SMILES string of the molecule is CCNC(=NCc1ccc(CN2CCN(C)CC2)cc1)NCc1ccc(C)cc1.I. The van der Waals surface area contributed by atoms with E-state index in [9.17, 15) is 0 Å². The van der Waals surface area contributed by atoms with Crippen LogP contribution in [0.3, 0.4) is 0 Å². The Hall–Kier alpha value is -1.64. The number of likely N-dealkylation sites (N-methyl/N-ethyl adjacent to an activating group) is 1. The number of hydrogen-bond acceptors (Lipinski definition) is 3. The smallest absolute Gasteiger partial charge is 0.191 e. The van der Waals surface area contributed by atoms with Crippen LogP contribution in [0.2, 0.25) is 0 Å². The van der Waals surface area contributed by atoms with Crippen LogP contribution in [0, 0.1) is 6.92 Å². The first kappa shape index (κ1) is 24.6. The first-order valence-corrected chi connectivity index (χ1v) is 10.7. The number of benzene rings is 2. The topological polar surface area (TPSA) is 42.9 Å². The second-order valence-electron chi connectivity index (χ2n) is 7.93. The molecule has 0 amide bonds. The maximum atomic E-state index is 4.75. The summed E-state index contributed by atoms with van der Waals surface area (Å²) in [4.78, 5) is 9.68. The highest BCUT2D eigenvalue weighted by Crippen LogP contribution is 2.10. The third-order valence-corrected chi connectivity index (χ3v) is 5.37. The van der Waals surface area contributed by atoms with Crippen molar-refractivity contribution in [2.24, 2.45) is 4.99 Å². The molecule has 2 N–H and O–H groups in total. The molecule has 1 heterocycles. The van der Waals surface area contributed by atoms with Gasteiger partial charge in [0.25, 0.3) is 0 Å². The van der Waals surface area contributed by atoms with Crippen LogP contribution in [-0.2, 0) is 19.6 Å². The number of halogens is 1. The lowest BCUT2D eigenvalue weighted by Crippen LogP contribution is -2.43. The predicted octanol–water partition coefficient (Wildman–Crippen LogP) is 3.62. The van der Waals surface area contributed by atoms with Crippen molar-refractivity contribution in [3.8, 4) is 0 Å². The summed E-state index contributed by atoms with van der Waals surface area (Å²) in [5, 5.41) is 6.76. The summed E-state index contributed by atoms with van der Waals surface area (Å²) < 4.78 is 0. The molecule has 0 spiro atoms. The van der Waals surface area contributed by atoms with Crippen molar-refractivity contribution in [1.29, 1.82) is 0 Å². The van der Waals surface area contributed by atoms with Gasteiger partial charge in [0.15, 0.2) is 5.96 Å². The highest BCUT2D eigenvalue weighted by molar-refractivity contribution is 14.0. The monoisotopic (exact) mass is 521 g/mol. The van der Waals surface area contributed by atoms with Crippen LogP contribution < -0.4 is 10.6 Å². The summed E-state index contributed by atoms with van der Waals surface area (Å²) in [5.41, 5.74) is 5.16. The standard InChI is InChI=1S/C24H35N5.HI/c1-4-25-24(26-17-21-7-5-20(2)6-8-21)27-18-22-9-11-23(12-10-22)19-29-15-13-28(3)14-16-29;/h5-12H,4,13-19H2,1-3H3,(H2,25,26,27);1H. The van der Waals surface area contributed by atoms with Gasteiger partial charge in [0, 0.05) is 45.8 Å². The minimum Gasteiger partial charge on any atom is -0.357 e. The molecule has 0 aromatic heterocycles. The van der Waals surface area contributed by atoms with Crippen LogP contribution in [-0.4, -0.2) is 55.5 Å². The Balaban J connectivity index is 0.00000320. The van der Waals surface area contributed by atoms with Crippen LogP contribution >= 0.6 is 24.0 Å². The van der Waals surface area contributed by atoms with E-state index in [-0.39, 0.29) is 24.0 Å². The second-order valence-corrected chi connectivity index (χ2v) is 7.93. The van der Waals surface area contributed by atoms with E-state index in [2.05, 4.69) is 89.9 Å². The van der Waals surface area contributed by atoms with Crippen molar-refractivity contribution in [3.05, 3.63) is 70.8 Å². The van der Waals surface area contributed by atoms with Gasteiger partial charge in [0.1, 0.15) is 0 Å². The number of rotatable bonds is 7. The fourth-order valence-corrected chi connectivity index (χ4v) is 3.42. The summed E-state index contributed by atoms with van der Waals surface area (Å²) in [7, 11) is 2.20. The molecule has 1 fully saturated rings. The molecular formula is C24H36IN5. The average molecular weight is 521 g/mol. The van der Waals surface area contributed by atoms with Crippen LogP contribution in [0.1, 0.15) is 29.2 Å². The zero-order valence-corrected chi connectivity index (χ0v) is 20.9. The molecule has 3 rings (SSSR count). The normalized spacial score (nSPS) is 15.5. The van der Waals surface area contributed by atoms with E-state index in [1.807, 2.05) is 0 Å². The van der Waals surface area contributed by atoms with Gasteiger partial charge in [-0.1, -0.05) is 54.1 Å². The van der Waals surface area contributed by atoms with Gasteiger partial charge in [-0.3, -0.25) is 4.90 Å². The van der Waals surface area contributed by atoms with E-state index < -0.39 is 0 Å². The summed E-state index contributed by atoms with van der Waals surface area (Å²) >= 11 is 0. The third kappa shape index (κ3) is 8.24. The van der Waals surface area contributed by atoms with Crippen molar-refractivity contribution >= 4 is 29.9 Å². The molecular weight excluding hydrogens is 485 g/mol. The molecule has 0 aliphatic carbocycles. The molecule has 1 saturated heterocycles. The number of hydrogen-bond donors (Lipinski definition) is 2. The minimum atomic E-state index is 0. The van der Waals surface area contributed by atoms with Crippen molar-refractivity contribution in [3.63, 3.8) is 0 Å². The quantitative estimate of drug-likeness (QED) is 0.332. The first-order valence-electron chi connectivity index (χ1n) is 10.7. The molecule has 1 aliphatic rings. The lowest BCUT2D eigenvalue weighted by atomic mass is 10.1. The highest BCUT2D eigenvalue weighted by Gasteiger charge is 2.13. The van der Waals surface area contributed by atoms with Crippen LogP contribution in [0.5, 0.6) is 0 Å². The number of nitrogens with zero attached hydrogens (tertiary/aromatic N) is 3. The molecule has 164 valence electrons. The average Bonchev–Trinajstić information content (AvgIpc) is 2.74. The van der Waals surface area contributed by atoms with Gasteiger partial charge in [-0.2, -0.15) is 0 Å². The van der Waals surface area contributed by atoms with E-state index in [1.165, 1.54) is 22.3 Å². The Morgan fingerprint density at radius 1 is 0.867 bits per heavy atom. The summed E-state index contributed by atoms with van der Waals surface area (Å²) in [6, 6.07) is 17.5. The Labute approximate surface area is 199 Å². The van der Waals surface area contributed by atoms with E-state index in [1.54, 1.807) is 0 Å². The Morgan fingerprint density at radius 3 is 2.10 bits per heavy atom. The molecule has 6 heteroatoms. The van der Waals surface area contributed by atoms with Gasteiger partial charge < -0.3 is 15.5 Å². The number of aryl methyl sites for hydroxylation is 1. The molecule has 0 bridgehead atoms. The fourth-order valence-electron chi connectivity index (χ4n) is 3.42. The molecule has 0 atom stereocenters. The van der Waals surface area contributed by atoms with E-state index in [0.29, 0.717) is 6.54 Å². The van der Waals surface area contributed by atoms with Gasteiger partial charge in [0.05, 0.1) is 6.54 Å². The molecule has 0 radical (unpaired) electrons. The largest absolute Gasteiger partial charge is 0.357 e. The molecule has 1 aliphatic heterocycles. The summed E-state index contributed by atoms with van der Waals surface area (Å²) in [5.74, 6) is 0.856. The number of aliphatic imine (C=N–C) groups is 1. The zero-order valence-electron chi connectivity index (χ0n) is 18.5. The lowest BCUT2D eigenvalue weighted by molar-refractivity contribution is 0.148.